The van der Waals surface area contributed by atoms with Crippen LogP contribution in [0.2, 0.25) is 0 Å². The Morgan fingerprint density at radius 1 is 0.700 bits per heavy atom. The van der Waals surface area contributed by atoms with E-state index in [4.69, 9.17) is 14.8 Å². The second-order valence-electron chi connectivity index (χ2n) is 9.48. The number of pyridine rings is 2. The molecule has 0 atom stereocenters. The second kappa shape index (κ2) is 11.6. The Morgan fingerprint density at radius 3 is 2.05 bits per heavy atom. The van der Waals surface area contributed by atoms with Crippen LogP contribution in [0.25, 0.3) is 44.5 Å². The molecule has 5 nitrogen and oxygen atoms in total. The van der Waals surface area contributed by atoms with Crippen molar-refractivity contribution >= 4 is 11.0 Å². The van der Waals surface area contributed by atoms with Crippen LogP contribution >= 0.6 is 0 Å². The second-order valence-corrected chi connectivity index (χ2v) is 9.48. The molecule has 0 unspecified atom stereocenters. The number of hydrogen-bond donors (Lipinski definition) is 0. The molecule has 40 heavy (non-hydrogen) atoms. The van der Waals surface area contributed by atoms with E-state index in [1.54, 1.807) is 36.7 Å². The molecule has 0 spiro atoms. The average Bonchev–Trinajstić information content (AvgIpc) is 3.40. The van der Waals surface area contributed by atoms with Gasteiger partial charge in [-0.2, -0.15) is 5.10 Å². The number of rotatable bonds is 9. The first-order chi connectivity index (χ1) is 19.7. The number of hydrogen-bond acceptors (Lipinski definition) is 4. The number of fused-ring (bicyclic) bond motifs is 1. The zero-order valence-corrected chi connectivity index (χ0v) is 21.7. The smallest absolute Gasteiger partial charge is 0.182 e. The predicted octanol–water partition coefficient (Wildman–Crippen LogP) is 7.71. The lowest BCUT2D eigenvalue weighted by molar-refractivity contribution is 0.115. The SMILES string of the molecule is Fc1ccc(-c2nc3nn(CCCOCc4ccccc4)cc3c(-c3ccc(F)cc3)c2-c2ccncc2)cc1. The van der Waals surface area contributed by atoms with Crippen LogP contribution in [0.15, 0.2) is 110 Å². The Labute approximate surface area is 230 Å². The van der Waals surface area contributed by atoms with Gasteiger partial charge in [0.1, 0.15) is 11.6 Å². The Hall–Kier alpha value is -4.75. The summed E-state index contributed by atoms with van der Waals surface area (Å²) in [7, 11) is 0. The molecule has 0 saturated carbocycles. The average molecular weight is 533 g/mol. The van der Waals surface area contributed by atoms with E-state index in [9.17, 15) is 8.78 Å². The zero-order chi connectivity index (χ0) is 27.3. The van der Waals surface area contributed by atoms with Crippen LogP contribution in [-0.2, 0) is 17.9 Å². The first-order valence-electron chi connectivity index (χ1n) is 13.1. The fourth-order valence-corrected chi connectivity index (χ4v) is 4.83. The molecule has 3 heterocycles. The summed E-state index contributed by atoms with van der Waals surface area (Å²) in [4.78, 5) is 9.17. The lowest BCUT2D eigenvalue weighted by Gasteiger charge is -2.16. The van der Waals surface area contributed by atoms with Gasteiger partial charge in [-0.25, -0.2) is 13.8 Å². The number of halogens is 2. The van der Waals surface area contributed by atoms with Crippen LogP contribution in [0.4, 0.5) is 8.78 Å². The summed E-state index contributed by atoms with van der Waals surface area (Å²) < 4.78 is 35.5. The van der Waals surface area contributed by atoms with Crippen molar-refractivity contribution in [3.8, 4) is 33.5 Å². The minimum absolute atomic E-state index is 0.315. The molecule has 0 N–H and O–H groups in total. The molecular weight excluding hydrogens is 506 g/mol. The van der Waals surface area contributed by atoms with E-state index in [-0.39, 0.29) is 11.6 Å². The van der Waals surface area contributed by atoms with Crippen molar-refractivity contribution in [3.05, 3.63) is 127 Å². The summed E-state index contributed by atoms with van der Waals surface area (Å²) in [5.74, 6) is -0.641. The first kappa shape index (κ1) is 25.5. The Kier molecular flexibility index (Phi) is 7.37. The van der Waals surface area contributed by atoms with Crippen molar-refractivity contribution in [1.82, 2.24) is 19.7 Å². The highest BCUT2D eigenvalue weighted by Crippen LogP contribution is 2.43. The van der Waals surface area contributed by atoms with Gasteiger partial charge in [0.25, 0.3) is 0 Å². The molecule has 0 bridgehead atoms. The van der Waals surface area contributed by atoms with Gasteiger partial charge in [-0.3, -0.25) is 9.67 Å². The van der Waals surface area contributed by atoms with Crippen molar-refractivity contribution in [1.29, 1.82) is 0 Å². The van der Waals surface area contributed by atoms with Crippen molar-refractivity contribution < 1.29 is 13.5 Å². The third-order valence-corrected chi connectivity index (χ3v) is 6.72. The number of nitrogens with zero attached hydrogens (tertiary/aromatic N) is 4. The fourth-order valence-electron chi connectivity index (χ4n) is 4.83. The summed E-state index contributed by atoms with van der Waals surface area (Å²) >= 11 is 0. The normalized spacial score (nSPS) is 11.2. The van der Waals surface area contributed by atoms with Crippen LogP contribution in [0.1, 0.15) is 12.0 Å². The molecule has 6 aromatic rings. The molecule has 6 rings (SSSR count). The zero-order valence-electron chi connectivity index (χ0n) is 21.7. The van der Waals surface area contributed by atoms with Crippen molar-refractivity contribution in [2.45, 2.75) is 19.6 Å². The van der Waals surface area contributed by atoms with Gasteiger partial charge in [0, 0.05) is 53.8 Å². The van der Waals surface area contributed by atoms with Crippen molar-refractivity contribution in [2.24, 2.45) is 0 Å². The van der Waals surface area contributed by atoms with Gasteiger partial charge in [-0.05, 0) is 71.6 Å². The minimum atomic E-state index is -0.326. The monoisotopic (exact) mass is 532 g/mol. The quantitative estimate of drug-likeness (QED) is 0.179. The minimum Gasteiger partial charge on any atom is -0.377 e. The highest BCUT2D eigenvalue weighted by Gasteiger charge is 2.22. The van der Waals surface area contributed by atoms with Crippen LogP contribution in [0.5, 0.6) is 0 Å². The van der Waals surface area contributed by atoms with Crippen LogP contribution in [0.3, 0.4) is 0 Å². The van der Waals surface area contributed by atoms with Crippen molar-refractivity contribution in [2.75, 3.05) is 6.61 Å². The van der Waals surface area contributed by atoms with E-state index in [0.29, 0.717) is 31.1 Å². The molecule has 0 fully saturated rings. The number of benzene rings is 3. The lowest BCUT2D eigenvalue weighted by atomic mass is 9.90. The maximum absolute atomic E-state index is 14.0. The highest BCUT2D eigenvalue weighted by molar-refractivity contribution is 6.05. The van der Waals surface area contributed by atoms with Crippen LogP contribution in [0, 0.1) is 11.6 Å². The molecule has 0 radical (unpaired) electrons. The third-order valence-electron chi connectivity index (χ3n) is 6.72. The fraction of sp³-hybridized carbons (Fsp3) is 0.121. The third kappa shape index (κ3) is 5.51. The molecule has 7 heteroatoms. The van der Waals surface area contributed by atoms with Crippen molar-refractivity contribution in [3.63, 3.8) is 0 Å². The Bertz CT molecular complexity index is 1720. The van der Waals surface area contributed by atoms with Crippen LogP contribution < -0.4 is 0 Å². The molecule has 0 aliphatic heterocycles. The van der Waals surface area contributed by atoms with Gasteiger partial charge < -0.3 is 4.74 Å². The molecular formula is C33H26F2N4O. The van der Waals surface area contributed by atoms with E-state index in [2.05, 4.69) is 4.98 Å². The number of aromatic nitrogens is 4. The summed E-state index contributed by atoms with van der Waals surface area (Å²) in [5, 5.41) is 5.64. The van der Waals surface area contributed by atoms with E-state index in [1.165, 1.54) is 24.3 Å². The van der Waals surface area contributed by atoms with Crippen LogP contribution in [-0.4, -0.2) is 26.4 Å². The van der Waals surface area contributed by atoms with Gasteiger partial charge >= 0.3 is 0 Å². The highest BCUT2D eigenvalue weighted by atomic mass is 19.1. The lowest BCUT2D eigenvalue weighted by Crippen LogP contribution is -2.03. The summed E-state index contributed by atoms with van der Waals surface area (Å²) in [6.07, 6.45) is 6.20. The molecule has 198 valence electrons. The topological polar surface area (TPSA) is 52.8 Å². The van der Waals surface area contributed by atoms with E-state index in [0.717, 1.165) is 45.2 Å². The van der Waals surface area contributed by atoms with E-state index >= 15 is 0 Å². The van der Waals surface area contributed by atoms with E-state index in [1.807, 2.05) is 53.3 Å². The standard InChI is InChI=1S/C33H26F2N4O/c34-27-11-7-24(8-12-27)30-29-21-39(19-4-20-40-22-23-5-2-1-3-6-23)38-33(29)37-32(26-9-13-28(35)14-10-26)31(30)25-15-17-36-18-16-25/h1-3,5-18,21H,4,19-20,22H2. The Morgan fingerprint density at radius 2 is 1.35 bits per heavy atom. The molecule has 0 aliphatic carbocycles. The molecule has 0 aliphatic rings. The van der Waals surface area contributed by atoms with Gasteiger partial charge in [0.15, 0.2) is 5.65 Å². The number of ether oxygens (including phenoxy) is 1. The maximum atomic E-state index is 14.0. The first-order valence-corrected chi connectivity index (χ1v) is 13.1. The largest absolute Gasteiger partial charge is 0.377 e. The van der Waals surface area contributed by atoms with Gasteiger partial charge in [-0.1, -0.05) is 42.5 Å². The summed E-state index contributed by atoms with van der Waals surface area (Å²) in [6.45, 7) is 1.80. The number of aryl methyl sites for hydroxylation is 1. The van der Waals surface area contributed by atoms with E-state index < -0.39 is 0 Å². The maximum Gasteiger partial charge on any atom is 0.182 e. The van der Waals surface area contributed by atoms with Gasteiger partial charge in [0.2, 0.25) is 0 Å². The summed E-state index contributed by atoms with van der Waals surface area (Å²) in [5.41, 5.74) is 6.55. The molecule has 0 amide bonds. The molecule has 0 saturated heterocycles. The van der Waals surface area contributed by atoms with Gasteiger partial charge in [0.05, 0.1) is 12.3 Å². The molecule has 3 aromatic carbocycles. The Balaban J connectivity index is 1.42. The molecule has 3 aromatic heterocycles. The van der Waals surface area contributed by atoms with Gasteiger partial charge in [-0.15, -0.1) is 0 Å². The predicted molar refractivity (Wildman–Crippen MR) is 152 cm³/mol. The summed E-state index contributed by atoms with van der Waals surface area (Å²) in [6, 6.07) is 26.6.